The van der Waals surface area contributed by atoms with E-state index in [4.69, 9.17) is 5.73 Å². The standard InChI is InChI=1S/C9H8BrIN2O2/c10-9(11,7(12)14)8(15)13-6-4-2-1-3-5-6/h1-5H,(H2,12,14)(H,13,15). The Bertz CT molecular complexity index is 381. The number of carbonyl (C=O) groups is 2. The molecular weight excluding hydrogens is 375 g/mol. The maximum atomic E-state index is 11.6. The van der Waals surface area contributed by atoms with Gasteiger partial charge in [-0.2, -0.15) is 0 Å². The molecule has 4 nitrogen and oxygen atoms in total. The number of nitrogens with two attached hydrogens (primary N) is 1. The van der Waals surface area contributed by atoms with Gasteiger partial charge in [0.05, 0.1) is 0 Å². The smallest absolute Gasteiger partial charge is 0.261 e. The van der Waals surface area contributed by atoms with Gasteiger partial charge in [0, 0.05) is 5.69 Å². The molecule has 0 aliphatic rings. The first kappa shape index (κ1) is 12.4. The van der Waals surface area contributed by atoms with Gasteiger partial charge in [-0.3, -0.25) is 9.59 Å². The van der Waals surface area contributed by atoms with Gasteiger partial charge in [0.25, 0.3) is 11.8 Å². The molecule has 0 aromatic heterocycles. The number of amides is 2. The van der Waals surface area contributed by atoms with Gasteiger partial charge in [0.2, 0.25) is 2.33 Å². The summed E-state index contributed by atoms with van der Waals surface area (Å²) >= 11 is 4.62. The van der Waals surface area contributed by atoms with Gasteiger partial charge in [-0.25, -0.2) is 0 Å². The third-order valence-electron chi connectivity index (χ3n) is 1.63. The average molecular weight is 383 g/mol. The molecule has 0 heterocycles. The molecule has 3 N–H and O–H groups in total. The summed E-state index contributed by atoms with van der Waals surface area (Å²) in [6, 6.07) is 8.83. The Kier molecular flexibility index (Phi) is 4.09. The van der Waals surface area contributed by atoms with E-state index in [9.17, 15) is 9.59 Å². The zero-order valence-electron chi connectivity index (χ0n) is 7.54. The highest BCUT2D eigenvalue weighted by atomic mass is 127. The lowest BCUT2D eigenvalue weighted by Crippen LogP contribution is -2.43. The fourth-order valence-corrected chi connectivity index (χ4v) is 1.08. The zero-order chi connectivity index (χ0) is 11.5. The lowest BCUT2D eigenvalue weighted by atomic mass is 10.3. The van der Waals surface area contributed by atoms with Crippen molar-refractivity contribution in [3.8, 4) is 0 Å². The maximum Gasteiger partial charge on any atom is 0.261 e. The third-order valence-corrected chi connectivity index (χ3v) is 3.40. The highest BCUT2D eigenvalue weighted by Gasteiger charge is 2.38. The van der Waals surface area contributed by atoms with Crippen LogP contribution in [0.3, 0.4) is 0 Å². The van der Waals surface area contributed by atoms with Crippen LogP contribution in [0, 0.1) is 0 Å². The topological polar surface area (TPSA) is 72.2 Å². The molecule has 0 radical (unpaired) electrons. The molecule has 0 aliphatic carbocycles. The SMILES string of the molecule is NC(=O)C(Br)(I)C(=O)Nc1ccccc1. The summed E-state index contributed by atoms with van der Waals surface area (Å²) in [4.78, 5) is 22.6. The second-order valence-corrected chi connectivity index (χ2v) is 7.05. The molecule has 15 heavy (non-hydrogen) atoms. The Morgan fingerprint density at radius 3 is 2.33 bits per heavy atom. The van der Waals surface area contributed by atoms with Gasteiger partial charge in [-0.1, -0.05) is 34.1 Å². The van der Waals surface area contributed by atoms with E-state index in [0.29, 0.717) is 5.69 Å². The van der Waals surface area contributed by atoms with Crippen molar-refractivity contribution in [2.24, 2.45) is 5.73 Å². The van der Waals surface area contributed by atoms with Gasteiger partial charge in [-0.05, 0) is 34.7 Å². The molecule has 2 amide bonds. The molecule has 1 atom stereocenters. The predicted molar refractivity (Wildman–Crippen MR) is 69.9 cm³/mol. The molecule has 80 valence electrons. The monoisotopic (exact) mass is 382 g/mol. The van der Waals surface area contributed by atoms with Crippen LogP contribution in [-0.2, 0) is 9.59 Å². The van der Waals surface area contributed by atoms with Crippen LogP contribution in [0.15, 0.2) is 30.3 Å². The van der Waals surface area contributed by atoms with E-state index in [0.717, 1.165) is 0 Å². The quantitative estimate of drug-likeness (QED) is 0.474. The van der Waals surface area contributed by atoms with Crippen molar-refractivity contribution < 1.29 is 9.59 Å². The lowest BCUT2D eigenvalue weighted by molar-refractivity contribution is -0.124. The minimum absolute atomic E-state index is 0.498. The summed E-state index contributed by atoms with van der Waals surface area (Å²) in [7, 11) is 0. The number of carbonyl (C=O) groups excluding carboxylic acids is 2. The summed E-state index contributed by atoms with van der Waals surface area (Å²) in [6.07, 6.45) is 0. The van der Waals surface area contributed by atoms with Crippen LogP contribution < -0.4 is 11.1 Å². The van der Waals surface area contributed by atoms with E-state index in [1.807, 2.05) is 6.07 Å². The number of nitrogens with one attached hydrogen (secondary N) is 1. The van der Waals surface area contributed by atoms with Gasteiger partial charge < -0.3 is 11.1 Å². The minimum atomic E-state index is -1.42. The number of benzene rings is 1. The Morgan fingerprint density at radius 1 is 1.33 bits per heavy atom. The van der Waals surface area contributed by atoms with Crippen molar-refractivity contribution in [3.05, 3.63) is 30.3 Å². The first-order chi connectivity index (χ1) is 6.94. The Labute approximate surface area is 109 Å². The fourth-order valence-electron chi connectivity index (χ4n) is 0.843. The van der Waals surface area contributed by atoms with Crippen molar-refractivity contribution in [2.45, 2.75) is 2.33 Å². The molecule has 1 aromatic rings. The van der Waals surface area contributed by atoms with Crippen LogP contribution >= 0.6 is 38.5 Å². The Hall–Kier alpha value is -0.630. The van der Waals surface area contributed by atoms with Crippen LogP contribution in [0.25, 0.3) is 0 Å². The van der Waals surface area contributed by atoms with Crippen molar-refractivity contribution in [1.29, 1.82) is 0 Å². The third kappa shape index (κ3) is 3.16. The largest absolute Gasteiger partial charge is 0.367 e. The van der Waals surface area contributed by atoms with Gasteiger partial charge >= 0.3 is 0 Å². The lowest BCUT2D eigenvalue weighted by Gasteiger charge is -2.15. The molecule has 0 saturated heterocycles. The first-order valence-electron chi connectivity index (χ1n) is 3.99. The number of hydrogen-bond acceptors (Lipinski definition) is 2. The number of halogens is 2. The van der Waals surface area contributed by atoms with Crippen LogP contribution in [0.2, 0.25) is 0 Å². The number of primary amides is 1. The number of rotatable bonds is 3. The van der Waals surface area contributed by atoms with Crippen molar-refractivity contribution in [1.82, 2.24) is 0 Å². The molecule has 6 heteroatoms. The van der Waals surface area contributed by atoms with Gasteiger partial charge in [-0.15, -0.1) is 0 Å². The van der Waals surface area contributed by atoms with Crippen molar-refractivity contribution >= 4 is 56.0 Å². The van der Waals surface area contributed by atoms with Crippen LogP contribution in [0.5, 0.6) is 0 Å². The zero-order valence-corrected chi connectivity index (χ0v) is 11.3. The maximum absolute atomic E-state index is 11.6. The summed E-state index contributed by atoms with van der Waals surface area (Å²) < 4.78 is -1.42. The highest BCUT2D eigenvalue weighted by Crippen LogP contribution is 2.28. The van der Waals surface area contributed by atoms with Crippen molar-refractivity contribution in [3.63, 3.8) is 0 Å². The number of alkyl halides is 2. The molecule has 1 rings (SSSR count). The molecule has 0 aliphatic heterocycles. The van der Waals surface area contributed by atoms with E-state index in [2.05, 4.69) is 21.2 Å². The molecular formula is C9H8BrIN2O2. The summed E-state index contributed by atoms with van der Waals surface area (Å²) in [5.74, 6) is -1.24. The fraction of sp³-hybridized carbons (Fsp3) is 0.111. The first-order valence-corrected chi connectivity index (χ1v) is 5.86. The second kappa shape index (κ2) is 4.93. The molecule has 1 aromatic carbocycles. The van der Waals surface area contributed by atoms with E-state index in [-0.39, 0.29) is 0 Å². The second-order valence-electron chi connectivity index (χ2n) is 2.76. The molecule has 0 saturated carbocycles. The minimum Gasteiger partial charge on any atom is -0.367 e. The molecule has 1 unspecified atom stereocenters. The normalized spacial score (nSPS) is 14.0. The van der Waals surface area contributed by atoms with Crippen LogP contribution in [0.1, 0.15) is 0 Å². The van der Waals surface area contributed by atoms with Gasteiger partial charge in [0.15, 0.2) is 0 Å². The molecule has 0 fully saturated rings. The van der Waals surface area contributed by atoms with E-state index in [1.165, 1.54) is 0 Å². The Balaban J connectivity index is 2.77. The van der Waals surface area contributed by atoms with Crippen molar-refractivity contribution in [2.75, 3.05) is 5.32 Å². The van der Waals surface area contributed by atoms with E-state index >= 15 is 0 Å². The average Bonchev–Trinajstić information content (AvgIpc) is 2.18. The van der Waals surface area contributed by atoms with Crippen LogP contribution in [-0.4, -0.2) is 14.1 Å². The summed E-state index contributed by atoms with van der Waals surface area (Å²) in [5.41, 5.74) is 5.69. The number of anilines is 1. The Morgan fingerprint density at radius 2 is 1.87 bits per heavy atom. The van der Waals surface area contributed by atoms with Gasteiger partial charge in [0.1, 0.15) is 0 Å². The van der Waals surface area contributed by atoms with E-state index < -0.39 is 14.1 Å². The number of para-hydroxylation sites is 1. The molecule has 0 bridgehead atoms. The van der Waals surface area contributed by atoms with E-state index in [1.54, 1.807) is 46.9 Å². The number of hydrogen-bond donors (Lipinski definition) is 2. The van der Waals surface area contributed by atoms with Crippen LogP contribution in [0.4, 0.5) is 5.69 Å². The predicted octanol–water partition coefficient (Wildman–Crippen LogP) is 1.64. The molecule has 0 spiro atoms. The highest BCUT2D eigenvalue weighted by molar-refractivity contribution is 14.1. The summed E-state index contributed by atoms with van der Waals surface area (Å²) in [5, 5.41) is 2.57. The summed E-state index contributed by atoms with van der Waals surface area (Å²) in [6.45, 7) is 0.